The van der Waals surface area contributed by atoms with E-state index in [-0.39, 0.29) is 11.9 Å². The molecule has 1 aliphatic heterocycles. The summed E-state index contributed by atoms with van der Waals surface area (Å²) in [5.74, 6) is -1.32. The molecule has 1 saturated heterocycles. The van der Waals surface area contributed by atoms with E-state index in [1.807, 2.05) is 6.92 Å². The molecular formula is C18H22F2N4O. The Bertz CT molecular complexity index is 735. The summed E-state index contributed by atoms with van der Waals surface area (Å²) >= 11 is 0. The minimum absolute atomic E-state index is 0.00182. The van der Waals surface area contributed by atoms with Gasteiger partial charge in [-0.15, -0.1) is 0 Å². The molecule has 1 unspecified atom stereocenters. The zero-order chi connectivity index (χ0) is 18.0. The fraction of sp³-hybridized carbons (Fsp3) is 0.444. The van der Waals surface area contributed by atoms with Gasteiger partial charge in [0.2, 0.25) is 0 Å². The first kappa shape index (κ1) is 17.5. The van der Waals surface area contributed by atoms with Gasteiger partial charge in [0.1, 0.15) is 17.3 Å². The summed E-state index contributed by atoms with van der Waals surface area (Å²) in [6.07, 6.45) is 1.80. The second-order valence-electron chi connectivity index (χ2n) is 6.62. The number of nitrogens with zero attached hydrogens (tertiary/aromatic N) is 3. The van der Waals surface area contributed by atoms with E-state index in [0.717, 1.165) is 31.1 Å². The molecule has 0 spiro atoms. The topological polar surface area (TPSA) is 50.2 Å². The van der Waals surface area contributed by atoms with E-state index in [0.29, 0.717) is 24.3 Å². The summed E-state index contributed by atoms with van der Waals surface area (Å²) in [6.45, 7) is 3.84. The van der Waals surface area contributed by atoms with E-state index in [2.05, 4.69) is 15.3 Å². The van der Waals surface area contributed by atoms with Crippen molar-refractivity contribution in [1.29, 1.82) is 0 Å². The third kappa shape index (κ3) is 4.42. The first-order valence-corrected chi connectivity index (χ1v) is 8.39. The molecular weight excluding hydrogens is 326 g/mol. The summed E-state index contributed by atoms with van der Waals surface area (Å²) in [4.78, 5) is 14.4. The van der Waals surface area contributed by atoms with Crippen LogP contribution >= 0.6 is 0 Å². The largest absolute Gasteiger partial charge is 0.347 e. The monoisotopic (exact) mass is 348 g/mol. The highest BCUT2D eigenvalue weighted by atomic mass is 19.1. The first-order valence-electron chi connectivity index (χ1n) is 8.39. The number of amides is 1. The number of carbonyl (C=O) groups excluding carboxylic acids is 1. The third-order valence-corrected chi connectivity index (χ3v) is 4.52. The Hall–Kier alpha value is -2.28. The molecule has 1 atom stereocenters. The van der Waals surface area contributed by atoms with E-state index >= 15 is 0 Å². The molecule has 0 aliphatic carbocycles. The SMILES string of the molecule is Cc1cc(C(=O)NC2CCCN(Cc3cc(F)cc(F)c3)C2)nn1C. The highest BCUT2D eigenvalue weighted by Crippen LogP contribution is 2.16. The Labute approximate surface area is 145 Å². The zero-order valence-corrected chi connectivity index (χ0v) is 14.4. The Kier molecular flexibility index (Phi) is 5.13. The predicted molar refractivity (Wildman–Crippen MR) is 90.1 cm³/mol. The fourth-order valence-electron chi connectivity index (χ4n) is 3.21. The van der Waals surface area contributed by atoms with Crippen molar-refractivity contribution in [3.63, 3.8) is 0 Å². The Balaban J connectivity index is 1.60. The maximum Gasteiger partial charge on any atom is 0.272 e. The van der Waals surface area contributed by atoms with E-state index < -0.39 is 11.6 Å². The van der Waals surface area contributed by atoms with Gasteiger partial charge in [-0.05, 0) is 50.1 Å². The number of hydrogen-bond donors (Lipinski definition) is 1. The molecule has 0 radical (unpaired) electrons. The van der Waals surface area contributed by atoms with Crippen molar-refractivity contribution in [2.75, 3.05) is 13.1 Å². The molecule has 1 aromatic carbocycles. The van der Waals surface area contributed by atoms with Crippen LogP contribution in [0.3, 0.4) is 0 Å². The maximum atomic E-state index is 13.3. The molecule has 1 fully saturated rings. The molecule has 1 amide bonds. The van der Waals surface area contributed by atoms with Crippen molar-refractivity contribution >= 4 is 5.91 Å². The number of rotatable bonds is 4. The number of benzene rings is 1. The highest BCUT2D eigenvalue weighted by Gasteiger charge is 2.23. The van der Waals surface area contributed by atoms with Gasteiger partial charge >= 0.3 is 0 Å². The second-order valence-corrected chi connectivity index (χ2v) is 6.62. The summed E-state index contributed by atoms with van der Waals surface area (Å²) in [5, 5.41) is 7.20. The standard InChI is InChI=1S/C18H22F2N4O/c1-12-6-17(22-23(12)2)18(25)21-16-4-3-5-24(11-16)10-13-7-14(19)9-15(20)8-13/h6-9,16H,3-5,10-11H2,1-2H3,(H,21,25). The van der Waals surface area contributed by atoms with Crippen molar-refractivity contribution in [1.82, 2.24) is 20.0 Å². The van der Waals surface area contributed by atoms with Gasteiger partial charge in [0, 0.05) is 37.9 Å². The molecule has 2 heterocycles. The van der Waals surface area contributed by atoms with Gasteiger partial charge < -0.3 is 5.32 Å². The van der Waals surface area contributed by atoms with E-state index in [1.54, 1.807) is 17.8 Å². The molecule has 7 heteroatoms. The normalized spacial score (nSPS) is 18.3. The number of likely N-dealkylation sites (tertiary alicyclic amines) is 1. The lowest BCUT2D eigenvalue weighted by Crippen LogP contribution is -2.47. The lowest BCUT2D eigenvalue weighted by molar-refractivity contribution is 0.0895. The van der Waals surface area contributed by atoms with Crippen LogP contribution in [0.2, 0.25) is 0 Å². The van der Waals surface area contributed by atoms with Gasteiger partial charge in [-0.3, -0.25) is 14.4 Å². The second kappa shape index (κ2) is 7.31. The average Bonchev–Trinajstić information content (AvgIpc) is 2.86. The van der Waals surface area contributed by atoms with Gasteiger partial charge in [-0.2, -0.15) is 5.10 Å². The number of aromatic nitrogens is 2. The zero-order valence-electron chi connectivity index (χ0n) is 14.4. The Morgan fingerprint density at radius 3 is 2.64 bits per heavy atom. The first-order chi connectivity index (χ1) is 11.9. The van der Waals surface area contributed by atoms with Crippen LogP contribution in [0.25, 0.3) is 0 Å². The van der Waals surface area contributed by atoms with Crippen LogP contribution in [0, 0.1) is 18.6 Å². The number of nitrogens with one attached hydrogen (secondary N) is 1. The summed E-state index contributed by atoms with van der Waals surface area (Å²) < 4.78 is 28.3. The predicted octanol–water partition coefficient (Wildman–Crippen LogP) is 2.40. The summed E-state index contributed by atoms with van der Waals surface area (Å²) in [7, 11) is 1.80. The van der Waals surface area contributed by atoms with Gasteiger partial charge in [-0.25, -0.2) is 8.78 Å². The molecule has 5 nitrogen and oxygen atoms in total. The minimum Gasteiger partial charge on any atom is -0.347 e. The van der Waals surface area contributed by atoms with Crippen molar-refractivity contribution in [2.24, 2.45) is 7.05 Å². The molecule has 0 saturated carbocycles. The molecule has 1 aromatic heterocycles. The lowest BCUT2D eigenvalue weighted by atomic mass is 10.0. The number of piperidine rings is 1. The molecule has 2 aromatic rings. The molecule has 1 N–H and O–H groups in total. The summed E-state index contributed by atoms with van der Waals surface area (Å²) in [5.41, 5.74) is 1.93. The van der Waals surface area contributed by atoms with Crippen molar-refractivity contribution in [2.45, 2.75) is 32.4 Å². The maximum absolute atomic E-state index is 13.3. The molecule has 1 aliphatic rings. The lowest BCUT2D eigenvalue weighted by Gasteiger charge is -2.33. The summed E-state index contributed by atoms with van der Waals surface area (Å²) in [6, 6.07) is 5.33. The van der Waals surface area contributed by atoms with Gasteiger partial charge in [0.05, 0.1) is 0 Å². The minimum atomic E-state index is -0.567. The molecule has 25 heavy (non-hydrogen) atoms. The van der Waals surface area contributed by atoms with Crippen molar-refractivity contribution < 1.29 is 13.6 Å². The smallest absolute Gasteiger partial charge is 0.272 e. The van der Waals surface area contributed by atoms with E-state index in [1.165, 1.54) is 12.1 Å². The van der Waals surface area contributed by atoms with Crippen LogP contribution in [0.15, 0.2) is 24.3 Å². The van der Waals surface area contributed by atoms with E-state index in [9.17, 15) is 13.6 Å². The Morgan fingerprint density at radius 1 is 1.28 bits per heavy atom. The van der Waals surface area contributed by atoms with Gasteiger partial charge in [-0.1, -0.05) is 0 Å². The molecule has 0 bridgehead atoms. The van der Waals surface area contributed by atoms with Crippen molar-refractivity contribution in [3.05, 3.63) is 52.9 Å². The molecule has 134 valence electrons. The number of carbonyl (C=O) groups is 1. The number of aryl methyl sites for hydroxylation is 2. The van der Waals surface area contributed by atoms with Crippen LogP contribution < -0.4 is 5.32 Å². The van der Waals surface area contributed by atoms with Gasteiger partial charge in [0.25, 0.3) is 5.91 Å². The van der Waals surface area contributed by atoms with Crippen molar-refractivity contribution in [3.8, 4) is 0 Å². The quantitative estimate of drug-likeness (QED) is 0.923. The Morgan fingerprint density at radius 2 is 2.00 bits per heavy atom. The molecule has 3 rings (SSSR count). The van der Waals surface area contributed by atoms with Crippen LogP contribution in [-0.2, 0) is 13.6 Å². The average molecular weight is 348 g/mol. The van der Waals surface area contributed by atoms with Crippen LogP contribution in [-0.4, -0.2) is 39.7 Å². The third-order valence-electron chi connectivity index (χ3n) is 4.52. The van der Waals surface area contributed by atoms with Crippen LogP contribution in [0.5, 0.6) is 0 Å². The fourth-order valence-corrected chi connectivity index (χ4v) is 3.21. The van der Waals surface area contributed by atoms with Crippen LogP contribution in [0.1, 0.15) is 34.6 Å². The van der Waals surface area contributed by atoms with E-state index in [4.69, 9.17) is 0 Å². The van der Waals surface area contributed by atoms with Crippen LogP contribution in [0.4, 0.5) is 8.78 Å². The number of halogens is 2. The number of hydrogen-bond acceptors (Lipinski definition) is 3. The van der Waals surface area contributed by atoms with Gasteiger partial charge in [0.15, 0.2) is 0 Å². The highest BCUT2D eigenvalue weighted by molar-refractivity contribution is 5.92.